The van der Waals surface area contributed by atoms with Gasteiger partial charge in [0.2, 0.25) is 5.91 Å². The lowest BCUT2D eigenvalue weighted by molar-refractivity contribution is -0.117. The van der Waals surface area contributed by atoms with Gasteiger partial charge < -0.3 is 10.1 Å². The van der Waals surface area contributed by atoms with E-state index in [-0.39, 0.29) is 11.7 Å². The number of benzene rings is 2. The molecule has 0 heterocycles. The Kier molecular flexibility index (Phi) is 7.08. The van der Waals surface area contributed by atoms with Gasteiger partial charge in [0.15, 0.2) is 0 Å². The highest BCUT2D eigenvalue weighted by Gasteiger charge is 2.07. The summed E-state index contributed by atoms with van der Waals surface area (Å²) in [6, 6.07) is 13.6. The molecule has 2 aromatic carbocycles. The van der Waals surface area contributed by atoms with Crippen molar-refractivity contribution in [2.75, 3.05) is 38.3 Å². The van der Waals surface area contributed by atoms with E-state index in [4.69, 9.17) is 4.74 Å². The average Bonchev–Trinajstić information content (AvgIpc) is 2.57. The second-order valence-corrected chi connectivity index (χ2v) is 6.49. The monoisotopic (exact) mass is 348 g/mol. The van der Waals surface area contributed by atoms with Crippen LogP contribution >= 0.6 is 11.8 Å². The van der Waals surface area contributed by atoms with Crippen LogP contribution in [0.4, 0.5) is 10.1 Å². The van der Waals surface area contributed by atoms with E-state index in [2.05, 4.69) is 5.32 Å². The smallest absolute Gasteiger partial charge is 0.238 e. The summed E-state index contributed by atoms with van der Waals surface area (Å²) in [4.78, 5) is 15.0. The van der Waals surface area contributed by atoms with Crippen molar-refractivity contribution in [2.45, 2.75) is 4.90 Å². The molecule has 4 nitrogen and oxygen atoms in total. The van der Waals surface area contributed by atoms with Crippen LogP contribution in [0.2, 0.25) is 0 Å². The van der Waals surface area contributed by atoms with Crippen LogP contribution in [0, 0.1) is 5.82 Å². The number of amides is 1. The van der Waals surface area contributed by atoms with Gasteiger partial charge in [-0.05, 0) is 55.6 Å². The molecule has 1 amide bonds. The summed E-state index contributed by atoms with van der Waals surface area (Å²) < 4.78 is 17.9. The topological polar surface area (TPSA) is 41.6 Å². The number of nitrogens with one attached hydrogen (secondary N) is 1. The Morgan fingerprint density at radius 3 is 2.46 bits per heavy atom. The van der Waals surface area contributed by atoms with Gasteiger partial charge in [-0.3, -0.25) is 9.69 Å². The standard InChI is InChI=1S/C18H21FN2O2S/c1-21(11-12-24-17-9-3-14(19)4-10-17)13-18(22)20-15-5-7-16(23-2)8-6-15/h3-10H,11-13H2,1-2H3,(H,20,22). The van der Waals surface area contributed by atoms with Gasteiger partial charge in [0.05, 0.1) is 13.7 Å². The van der Waals surface area contributed by atoms with Gasteiger partial charge in [0, 0.05) is 22.9 Å². The first-order chi connectivity index (χ1) is 11.6. The van der Waals surface area contributed by atoms with Crippen LogP contribution in [0.3, 0.4) is 0 Å². The second-order valence-electron chi connectivity index (χ2n) is 5.32. The van der Waals surface area contributed by atoms with Crippen molar-refractivity contribution >= 4 is 23.4 Å². The maximum absolute atomic E-state index is 12.8. The lowest BCUT2D eigenvalue weighted by atomic mass is 10.3. The number of carbonyl (C=O) groups is 1. The number of halogens is 1. The molecule has 0 saturated carbocycles. The number of hydrogen-bond acceptors (Lipinski definition) is 4. The fourth-order valence-corrected chi connectivity index (χ4v) is 3.02. The summed E-state index contributed by atoms with van der Waals surface area (Å²) in [5, 5.41) is 2.85. The minimum Gasteiger partial charge on any atom is -0.497 e. The Morgan fingerprint density at radius 1 is 1.17 bits per heavy atom. The summed E-state index contributed by atoms with van der Waals surface area (Å²) in [7, 11) is 3.51. The zero-order valence-electron chi connectivity index (χ0n) is 13.8. The van der Waals surface area contributed by atoms with E-state index >= 15 is 0 Å². The number of rotatable bonds is 8. The average molecular weight is 348 g/mol. The van der Waals surface area contributed by atoms with Crippen LogP contribution < -0.4 is 10.1 Å². The van der Waals surface area contributed by atoms with Crippen molar-refractivity contribution in [3.05, 3.63) is 54.3 Å². The van der Waals surface area contributed by atoms with E-state index in [1.54, 1.807) is 55.3 Å². The minimum absolute atomic E-state index is 0.0607. The largest absolute Gasteiger partial charge is 0.497 e. The lowest BCUT2D eigenvalue weighted by Crippen LogP contribution is -2.31. The zero-order valence-corrected chi connectivity index (χ0v) is 14.6. The van der Waals surface area contributed by atoms with Crippen molar-refractivity contribution in [1.29, 1.82) is 0 Å². The third-order valence-electron chi connectivity index (χ3n) is 3.34. The molecule has 0 spiro atoms. The maximum atomic E-state index is 12.8. The van der Waals surface area contributed by atoms with Gasteiger partial charge in [-0.15, -0.1) is 11.8 Å². The highest BCUT2D eigenvalue weighted by Crippen LogP contribution is 2.18. The maximum Gasteiger partial charge on any atom is 0.238 e. The third kappa shape index (κ3) is 6.22. The first-order valence-electron chi connectivity index (χ1n) is 7.57. The molecule has 0 unspecified atom stereocenters. The lowest BCUT2D eigenvalue weighted by Gasteiger charge is -2.16. The van der Waals surface area contributed by atoms with Crippen molar-refractivity contribution in [1.82, 2.24) is 4.90 Å². The first-order valence-corrected chi connectivity index (χ1v) is 8.56. The molecule has 128 valence electrons. The number of anilines is 1. The normalized spacial score (nSPS) is 10.7. The SMILES string of the molecule is COc1ccc(NC(=O)CN(C)CCSc2ccc(F)cc2)cc1. The summed E-state index contributed by atoms with van der Waals surface area (Å²) in [5.41, 5.74) is 0.745. The van der Waals surface area contributed by atoms with Gasteiger partial charge >= 0.3 is 0 Å². The van der Waals surface area contributed by atoms with E-state index in [0.717, 1.165) is 28.6 Å². The Hall–Kier alpha value is -2.05. The molecule has 0 aliphatic heterocycles. The van der Waals surface area contributed by atoms with Gasteiger partial charge in [0.1, 0.15) is 11.6 Å². The fourth-order valence-electron chi connectivity index (χ4n) is 2.05. The molecule has 2 rings (SSSR count). The van der Waals surface area contributed by atoms with Crippen LogP contribution in [0.1, 0.15) is 0 Å². The highest BCUT2D eigenvalue weighted by molar-refractivity contribution is 7.99. The Morgan fingerprint density at radius 2 is 1.83 bits per heavy atom. The molecular formula is C18H21FN2O2S. The third-order valence-corrected chi connectivity index (χ3v) is 4.33. The van der Waals surface area contributed by atoms with E-state index in [1.807, 2.05) is 11.9 Å². The fraction of sp³-hybridized carbons (Fsp3) is 0.278. The van der Waals surface area contributed by atoms with Gasteiger partial charge in [-0.25, -0.2) is 4.39 Å². The Balaban J connectivity index is 1.69. The number of hydrogen-bond donors (Lipinski definition) is 1. The Labute approximate surface area is 146 Å². The summed E-state index contributed by atoms with van der Waals surface area (Å²) in [6.07, 6.45) is 0. The van der Waals surface area contributed by atoms with Gasteiger partial charge in [-0.2, -0.15) is 0 Å². The molecule has 0 bridgehead atoms. The molecule has 2 aromatic rings. The van der Waals surface area contributed by atoms with E-state index in [1.165, 1.54) is 12.1 Å². The minimum atomic E-state index is -0.230. The second kappa shape index (κ2) is 9.30. The predicted molar refractivity (Wildman–Crippen MR) is 96.2 cm³/mol. The van der Waals surface area contributed by atoms with Crippen LogP contribution in [-0.2, 0) is 4.79 Å². The number of nitrogens with zero attached hydrogens (tertiary/aromatic N) is 1. The molecule has 6 heteroatoms. The summed E-state index contributed by atoms with van der Waals surface area (Å²) >= 11 is 1.64. The first kappa shape index (κ1) is 18.3. The molecule has 1 N–H and O–H groups in total. The number of methoxy groups -OCH3 is 1. The number of thioether (sulfide) groups is 1. The number of likely N-dealkylation sites (N-methyl/N-ethyl adjacent to an activating group) is 1. The highest BCUT2D eigenvalue weighted by atomic mass is 32.2. The van der Waals surface area contributed by atoms with E-state index in [9.17, 15) is 9.18 Å². The molecule has 0 aliphatic carbocycles. The molecule has 0 saturated heterocycles. The summed E-state index contributed by atoms with van der Waals surface area (Å²) in [5.74, 6) is 1.29. The molecule has 0 atom stereocenters. The molecule has 0 fully saturated rings. The quantitative estimate of drug-likeness (QED) is 0.742. The zero-order chi connectivity index (χ0) is 17.4. The van der Waals surface area contributed by atoms with Crippen molar-refractivity contribution in [2.24, 2.45) is 0 Å². The predicted octanol–water partition coefficient (Wildman–Crippen LogP) is 3.50. The van der Waals surface area contributed by atoms with Crippen LogP contribution in [0.25, 0.3) is 0 Å². The van der Waals surface area contributed by atoms with E-state index in [0.29, 0.717) is 6.54 Å². The van der Waals surface area contributed by atoms with Crippen LogP contribution in [-0.4, -0.2) is 43.8 Å². The Bertz CT molecular complexity index is 647. The molecule has 24 heavy (non-hydrogen) atoms. The van der Waals surface area contributed by atoms with Crippen molar-refractivity contribution < 1.29 is 13.9 Å². The molecule has 0 radical (unpaired) electrons. The van der Waals surface area contributed by atoms with Crippen molar-refractivity contribution in [3.8, 4) is 5.75 Å². The van der Waals surface area contributed by atoms with Crippen LogP contribution in [0.15, 0.2) is 53.4 Å². The van der Waals surface area contributed by atoms with E-state index < -0.39 is 0 Å². The van der Waals surface area contributed by atoms with Crippen molar-refractivity contribution in [3.63, 3.8) is 0 Å². The number of ether oxygens (including phenoxy) is 1. The number of carbonyl (C=O) groups excluding carboxylic acids is 1. The molecule has 0 aliphatic rings. The molecule has 0 aromatic heterocycles. The van der Waals surface area contributed by atoms with Crippen LogP contribution in [0.5, 0.6) is 5.75 Å². The van der Waals surface area contributed by atoms with Gasteiger partial charge in [-0.1, -0.05) is 0 Å². The molecular weight excluding hydrogens is 327 g/mol. The summed E-state index contributed by atoms with van der Waals surface area (Å²) in [6.45, 7) is 1.08. The van der Waals surface area contributed by atoms with Gasteiger partial charge in [0.25, 0.3) is 0 Å².